The zero-order valence-corrected chi connectivity index (χ0v) is 9.73. The third-order valence-corrected chi connectivity index (χ3v) is 2.82. The van der Waals surface area contributed by atoms with Gasteiger partial charge >= 0.3 is 5.97 Å². The highest BCUT2D eigenvalue weighted by molar-refractivity contribution is 5.31. The molecule has 0 saturated carbocycles. The van der Waals surface area contributed by atoms with Crippen LogP contribution in [0, 0.1) is 0 Å². The smallest absolute Gasteiger partial charge is 0.313 e. The first-order valence-electron chi connectivity index (χ1n) is 5.15. The van der Waals surface area contributed by atoms with Gasteiger partial charge in [-0.2, -0.15) is 0 Å². The quantitative estimate of drug-likeness (QED) is 0.731. The molecule has 0 aromatic heterocycles. The van der Waals surface area contributed by atoms with Gasteiger partial charge in [-0.3, -0.25) is 4.74 Å². The van der Waals surface area contributed by atoms with Gasteiger partial charge in [-0.05, 0) is 5.56 Å². The minimum absolute atomic E-state index is 0.352. The Morgan fingerprint density at radius 2 is 1.88 bits per heavy atom. The second kappa shape index (κ2) is 4.51. The third-order valence-electron chi connectivity index (χ3n) is 2.82. The minimum Gasteiger partial charge on any atom is -0.355 e. The topological polar surface area (TPSA) is 36.9 Å². The van der Waals surface area contributed by atoms with E-state index in [9.17, 15) is 0 Å². The van der Waals surface area contributed by atoms with Crippen molar-refractivity contribution in [2.45, 2.75) is 18.7 Å². The first-order chi connectivity index (χ1) is 7.75. The van der Waals surface area contributed by atoms with E-state index in [1.807, 2.05) is 24.3 Å². The molecule has 1 aromatic carbocycles. The van der Waals surface area contributed by atoms with Gasteiger partial charge < -0.3 is 14.2 Å². The van der Waals surface area contributed by atoms with E-state index >= 15 is 0 Å². The fourth-order valence-corrected chi connectivity index (χ4v) is 1.99. The molecule has 0 amide bonds. The van der Waals surface area contributed by atoms with Crippen molar-refractivity contribution in [2.24, 2.45) is 0 Å². The number of methoxy groups -OCH3 is 3. The molecule has 1 unspecified atom stereocenters. The molecule has 1 atom stereocenters. The molecule has 16 heavy (non-hydrogen) atoms. The van der Waals surface area contributed by atoms with Gasteiger partial charge in [0.2, 0.25) is 0 Å². The lowest BCUT2D eigenvalue weighted by molar-refractivity contribution is -0.420. The summed E-state index contributed by atoms with van der Waals surface area (Å²) in [4.78, 5) is 0. The summed E-state index contributed by atoms with van der Waals surface area (Å²) in [6.45, 7) is 0. The van der Waals surface area contributed by atoms with Crippen molar-refractivity contribution in [3.05, 3.63) is 35.4 Å². The molecule has 0 spiro atoms. The largest absolute Gasteiger partial charge is 0.355 e. The molecule has 0 saturated heterocycles. The summed E-state index contributed by atoms with van der Waals surface area (Å²) in [6.07, 6.45) is 0.344. The van der Waals surface area contributed by atoms with Gasteiger partial charge in [0, 0.05) is 33.3 Å². The predicted octanol–water partition coefficient (Wildman–Crippen LogP) is 1.63. The fourth-order valence-electron chi connectivity index (χ4n) is 1.99. The van der Waals surface area contributed by atoms with Crippen LogP contribution in [0.5, 0.6) is 0 Å². The first-order valence-corrected chi connectivity index (χ1v) is 5.15. The molecule has 1 aromatic rings. The lowest BCUT2D eigenvalue weighted by atomic mass is 10.00. The average Bonchev–Trinajstić information content (AvgIpc) is 2.37. The Morgan fingerprint density at radius 1 is 1.19 bits per heavy atom. The van der Waals surface area contributed by atoms with E-state index in [-0.39, 0.29) is 6.29 Å². The molecule has 1 aliphatic rings. The molecule has 0 fully saturated rings. The zero-order valence-electron chi connectivity index (χ0n) is 9.73. The van der Waals surface area contributed by atoms with Crippen molar-refractivity contribution in [3.63, 3.8) is 0 Å². The molecule has 2 rings (SSSR count). The Hall–Kier alpha value is -0.940. The number of ether oxygens (including phenoxy) is 4. The number of hydrogen-bond acceptors (Lipinski definition) is 4. The summed E-state index contributed by atoms with van der Waals surface area (Å²) in [5, 5.41) is 0. The molecule has 1 heterocycles. The second-order valence-corrected chi connectivity index (χ2v) is 3.61. The van der Waals surface area contributed by atoms with Crippen molar-refractivity contribution in [2.75, 3.05) is 21.3 Å². The molecule has 88 valence electrons. The van der Waals surface area contributed by atoms with Gasteiger partial charge in [-0.15, -0.1) is 0 Å². The van der Waals surface area contributed by atoms with Crippen LogP contribution in [-0.4, -0.2) is 27.6 Å². The van der Waals surface area contributed by atoms with Crippen LogP contribution in [0.2, 0.25) is 0 Å². The Bertz CT molecular complexity index is 360. The summed E-state index contributed by atoms with van der Waals surface area (Å²) >= 11 is 0. The van der Waals surface area contributed by atoms with Gasteiger partial charge in [0.1, 0.15) is 0 Å². The van der Waals surface area contributed by atoms with Crippen LogP contribution in [-0.2, 0) is 31.3 Å². The summed E-state index contributed by atoms with van der Waals surface area (Å²) in [6, 6.07) is 7.87. The van der Waals surface area contributed by atoms with Crippen molar-refractivity contribution in [1.29, 1.82) is 0 Å². The van der Waals surface area contributed by atoms with E-state index in [4.69, 9.17) is 18.9 Å². The Kier molecular flexibility index (Phi) is 3.25. The van der Waals surface area contributed by atoms with Crippen molar-refractivity contribution >= 4 is 0 Å². The molecule has 0 radical (unpaired) electrons. The Labute approximate surface area is 95.1 Å². The van der Waals surface area contributed by atoms with Crippen molar-refractivity contribution in [1.82, 2.24) is 0 Å². The van der Waals surface area contributed by atoms with Gasteiger partial charge in [-0.25, -0.2) is 0 Å². The molecule has 0 N–H and O–H groups in total. The maximum Gasteiger partial charge on any atom is 0.313 e. The molecule has 0 bridgehead atoms. The van der Waals surface area contributed by atoms with Crippen LogP contribution in [0.15, 0.2) is 24.3 Å². The van der Waals surface area contributed by atoms with E-state index in [2.05, 4.69) is 0 Å². The zero-order chi connectivity index (χ0) is 11.6. The summed E-state index contributed by atoms with van der Waals surface area (Å²) < 4.78 is 21.6. The highest BCUT2D eigenvalue weighted by Crippen LogP contribution is 2.36. The SMILES string of the molecule is COC1Cc2ccccc2C(OC)(OC)O1. The fraction of sp³-hybridized carbons (Fsp3) is 0.500. The van der Waals surface area contributed by atoms with E-state index in [1.165, 1.54) is 0 Å². The van der Waals surface area contributed by atoms with E-state index in [1.54, 1.807) is 21.3 Å². The maximum absolute atomic E-state index is 5.68. The van der Waals surface area contributed by atoms with Crippen LogP contribution < -0.4 is 0 Å². The van der Waals surface area contributed by atoms with Gasteiger partial charge in [0.15, 0.2) is 6.29 Å². The van der Waals surface area contributed by atoms with E-state index in [0.717, 1.165) is 11.1 Å². The second-order valence-electron chi connectivity index (χ2n) is 3.61. The molecule has 4 heteroatoms. The summed E-state index contributed by atoms with van der Waals surface area (Å²) in [5.74, 6) is -1.16. The van der Waals surface area contributed by atoms with Crippen LogP contribution in [0.4, 0.5) is 0 Å². The highest BCUT2D eigenvalue weighted by Gasteiger charge is 2.42. The lowest BCUT2D eigenvalue weighted by Crippen LogP contribution is -2.44. The minimum atomic E-state index is -1.16. The van der Waals surface area contributed by atoms with Crippen LogP contribution in [0.3, 0.4) is 0 Å². The normalized spacial score (nSPS) is 22.8. The van der Waals surface area contributed by atoms with Crippen molar-refractivity contribution in [3.8, 4) is 0 Å². The summed E-state index contributed by atoms with van der Waals surface area (Å²) in [5.41, 5.74) is 2.01. The van der Waals surface area contributed by atoms with Crippen LogP contribution in [0.1, 0.15) is 11.1 Å². The molecule has 4 nitrogen and oxygen atoms in total. The molecular formula is C12H16O4. The number of benzene rings is 1. The standard InChI is InChI=1S/C12H16O4/c1-13-11-8-9-6-4-5-7-10(9)12(14-2,15-3)16-11/h4-7,11H,8H2,1-3H3. The van der Waals surface area contributed by atoms with Gasteiger partial charge in [-0.1, -0.05) is 24.3 Å². The summed E-state index contributed by atoms with van der Waals surface area (Å²) in [7, 11) is 4.71. The molecule has 1 aliphatic heterocycles. The molecule has 0 aliphatic carbocycles. The lowest BCUT2D eigenvalue weighted by Gasteiger charge is -2.38. The van der Waals surface area contributed by atoms with Crippen LogP contribution >= 0.6 is 0 Å². The first kappa shape index (κ1) is 11.5. The number of rotatable bonds is 3. The Morgan fingerprint density at radius 3 is 2.50 bits per heavy atom. The van der Waals surface area contributed by atoms with E-state index in [0.29, 0.717) is 6.42 Å². The number of fused-ring (bicyclic) bond motifs is 1. The average molecular weight is 224 g/mol. The monoisotopic (exact) mass is 224 g/mol. The van der Waals surface area contributed by atoms with Gasteiger partial charge in [0.25, 0.3) is 0 Å². The van der Waals surface area contributed by atoms with Crippen LogP contribution in [0.25, 0.3) is 0 Å². The molecular weight excluding hydrogens is 208 g/mol. The third kappa shape index (κ3) is 1.74. The predicted molar refractivity (Wildman–Crippen MR) is 57.7 cm³/mol. The number of hydrogen-bond donors (Lipinski definition) is 0. The van der Waals surface area contributed by atoms with E-state index < -0.39 is 5.97 Å². The maximum atomic E-state index is 5.68. The Balaban J connectivity index is 2.46. The van der Waals surface area contributed by atoms with Gasteiger partial charge in [0.05, 0.1) is 0 Å². The highest BCUT2D eigenvalue weighted by atomic mass is 16.9. The van der Waals surface area contributed by atoms with Crippen molar-refractivity contribution < 1.29 is 18.9 Å².